The molecule has 3 rings (SSSR count). The summed E-state index contributed by atoms with van der Waals surface area (Å²) < 4.78 is 14.5. The Morgan fingerprint density at radius 1 is 0.964 bits per heavy atom. The molecule has 1 aliphatic heterocycles. The van der Waals surface area contributed by atoms with Crippen molar-refractivity contribution >= 4 is 17.3 Å². The summed E-state index contributed by atoms with van der Waals surface area (Å²) in [5, 5.41) is 10.5. The normalized spacial score (nSPS) is 17.4. The third-order valence-electron chi connectivity index (χ3n) is 5.02. The number of aliphatic hydroxyl groups excluding tert-OH is 1. The highest BCUT2D eigenvalue weighted by atomic mass is 19.1. The molecule has 0 aromatic heterocycles. The van der Waals surface area contributed by atoms with Crippen molar-refractivity contribution in [2.75, 3.05) is 6.54 Å². The van der Waals surface area contributed by atoms with Crippen LogP contribution in [0.4, 0.5) is 4.39 Å². The molecule has 1 heterocycles. The van der Waals surface area contributed by atoms with Crippen LogP contribution in [0.25, 0.3) is 5.57 Å². The van der Waals surface area contributed by atoms with Crippen molar-refractivity contribution in [3.05, 3.63) is 77.3 Å². The number of aliphatic hydroxyl groups is 1. The van der Waals surface area contributed by atoms with E-state index in [1.54, 1.807) is 42.5 Å². The lowest BCUT2D eigenvalue weighted by Crippen LogP contribution is -2.45. The highest BCUT2D eigenvalue weighted by molar-refractivity contribution is 6.30. The van der Waals surface area contributed by atoms with Crippen LogP contribution in [0.2, 0.25) is 0 Å². The first-order valence-electron chi connectivity index (χ1n) is 9.64. The Morgan fingerprint density at radius 2 is 1.64 bits per heavy atom. The molecule has 1 unspecified atom stereocenters. The number of benzene rings is 2. The smallest absolute Gasteiger partial charge is 0.290 e. The second-order valence-electron chi connectivity index (χ2n) is 6.94. The fourth-order valence-electron chi connectivity index (χ4n) is 3.58. The summed E-state index contributed by atoms with van der Waals surface area (Å²) in [7, 11) is 0. The summed E-state index contributed by atoms with van der Waals surface area (Å²) in [5.74, 6) is -2.22. The summed E-state index contributed by atoms with van der Waals surface area (Å²) in [6.45, 7) is 2.37. The predicted octanol–water partition coefficient (Wildman–Crippen LogP) is 4.83. The van der Waals surface area contributed by atoms with E-state index in [1.165, 1.54) is 17.0 Å². The number of hydrogen-bond acceptors (Lipinski definition) is 3. The average Bonchev–Trinajstić information content (AvgIpc) is 2.71. The molecule has 1 aliphatic rings. The molecular formula is C23H24FNO3. The van der Waals surface area contributed by atoms with Gasteiger partial charge in [-0.15, -0.1) is 0 Å². The second-order valence-corrected chi connectivity index (χ2v) is 6.94. The van der Waals surface area contributed by atoms with E-state index in [4.69, 9.17) is 0 Å². The van der Waals surface area contributed by atoms with E-state index >= 15 is 0 Å². The van der Waals surface area contributed by atoms with Gasteiger partial charge in [0.25, 0.3) is 5.91 Å². The van der Waals surface area contributed by atoms with Crippen LogP contribution in [0.1, 0.15) is 49.8 Å². The topological polar surface area (TPSA) is 57.6 Å². The van der Waals surface area contributed by atoms with Crippen LogP contribution in [0.15, 0.2) is 60.4 Å². The zero-order valence-electron chi connectivity index (χ0n) is 15.9. The quantitative estimate of drug-likeness (QED) is 0.699. The van der Waals surface area contributed by atoms with E-state index in [9.17, 15) is 19.1 Å². The van der Waals surface area contributed by atoms with Gasteiger partial charge in [-0.1, -0.05) is 74.7 Å². The summed E-state index contributed by atoms with van der Waals surface area (Å²) in [5.41, 5.74) is 0.547. The van der Waals surface area contributed by atoms with E-state index < -0.39 is 29.3 Å². The maximum absolute atomic E-state index is 14.5. The number of halogens is 1. The monoisotopic (exact) mass is 381 g/mol. The van der Waals surface area contributed by atoms with Gasteiger partial charge in [-0.05, 0) is 18.1 Å². The molecule has 0 saturated heterocycles. The van der Waals surface area contributed by atoms with Crippen LogP contribution in [0.5, 0.6) is 0 Å². The number of Topliss-reactive ketones (excluding diaryl/α,β-unsaturated/α-hetero) is 1. The van der Waals surface area contributed by atoms with Gasteiger partial charge in [-0.3, -0.25) is 9.59 Å². The molecule has 0 fully saturated rings. The molecular weight excluding hydrogens is 357 g/mol. The first kappa shape index (κ1) is 19.8. The Morgan fingerprint density at radius 3 is 2.32 bits per heavy atom. The van der Waals surface area contributed by atoms with Crippen LogP contribution in [-0.4, -0.2) is 28.2 Å². The summed E-state index contributed by atoms with van der Waals surface area (Å²) in [4.78, 5) is 27.6. The van der Waals surface area contributed by atoms with Crippen molar-refractivity contribution in [1.29, 1.82) is 0 Å². The van der Waals surface area contributed by atoms with Crippen LogP contribution >= 0.6 is 0 Å². The van der Waals surface area contributed by atoms with Gasteiger partial charge >= 0.3 is 0 Å². The predicted molar refractivity (Wildman–Crippen MR) is 106 cm³/mol. The number of carbonyl (C=O) groups is 2. The molecule has 1 amide bonds. The Bertz CT molecular complexity index is 892. The minimum atomic E-state index is -1.08. The van der Waals surface area contributed by atoms with Gasteiger partial charge in [0.05, 0.1) is 5.57 Å². The molecule has 146 valence electrons. The lowest BCUT2D eigenvalue weighted by molar-refractivity contribution is -0.139. The molecule has 1 atom stereocenters. The summed E-state index contributed by atoms with van der Waals surface area (Å²) >= 11 is 0. The van der Waals surface area contributed by atoms with Gasteiger partial charge < -0.3 is 10.0 Å². The van der Waals surface area contributed by atoms with Gasteiger partial charge in [0.1, 0.15) is 11.9 Å². The fourth-order valence-corrected chi connectivity index (χ4v) is 3.58. The number of hydrogen-bond donors (Lipinski definition) is 1. The highest BCUT2D eigenvalue weighted by Gasteiger charge is 2.42. The van der Waals surface area contributed by atoms with Gasteiger partial charge in [0, 0.05) is 12.1 Å². The van der Waals surface area contributed by atoms with E-state index in [0.717, 1.165) is 19.3 Å². The molecule has 0 bridgehead atoms. The Balaban J connectivity index is 2.06. The van der Waals surface area contributed by atoms with Crippen molar-refractivity contribution in [3.63, 3.8) is 0 Å². The molecule has 28 heavy (non-hydrogen) atoms. The summed E-state index contributed by atoms with van der Waals surface area (Å²) in [6, 6.07) is 13.5. The highest BCUT2D eigenvalue weighted by Crippen LogP contribution is 2.37. The number of amides is 1. The first-order valence-corrected chi connectivity index (χ1v) is 9.64. The van der Waals surface area contributed by atoms with E-state index in [2.05, 4.69) is 6.92 Å². The lowest BCUT2D eigenvalue weighted by atomic mass is 9.87. The van der Waals surface area contributed by atoms with Gasteiger partial charge in [0.2, 0.25) is 0 Å². The number of nitrogens with zero attached hydrogens (tertiary/aromatic N) is 1. The minimum Gasteiger partial charge on any atom is -0.503 e. The zero-order chi connectivity index (χ0) is 20.1. The van der Waals surface area contributed by atoms with Gasteiger partial charge in [-0.25, -0.2) is 4.39 Å². The molecule has 5 heteroatoms. The van der Waals surface area contributed by atoms with Gasteiger partial charge in [-0.2, -0.15) is 0 Å². The largest absolute Gasteiger partial charge is 0.503 e. The minimum absolute atomic E-state index is 0.0522. The Hall–Kier alpha value is -2.95. The van der Waals surface area contributed by atoms with Crippen molar-refractivity contribution < 1.29 is 19.1 Å². The molecule has 2 aromatic carbocycles. The van der Waals surface area contributed by atoms with Crippen LogP contribution in [0, 0.1) is 5.82 Å². The maximum Gasteiger partial charge on any atom is 0.290 e. The third-order valence-corrected chi connectivity index (χ3v) is 5.02. The number of carbonyl (C=O) groups excluding carboxylic acids is 2. The lowest BCUT2D eigenvalue weighted by Gasteiger charge is -2.35. The molecule has 0 spiro atoms. The Labute approximate surface area is 164 Å². The number of unbranched alkanes of at least 4 members (excludes halogenated alkanes) is 3. The third kappa shape index (κ3) is 3.84. The number of ketones is 1. The molecule has 4 nitrogen and oxygen atoms in total. The van der Waals surface area contributed by atoms with E-state index in [1.807, 2.05) is 0 Å². The van der Waals surface area contributed by atoms with Crippen LogP contribution < -0.4 is 0 Å². The molecule has 1 N–H and O–H groups in total. The summed E-state index contributed by atoms with van der Waals surface area (Å²) in [6.07, 6.45) is 3.63. The van der Waals surface area contributed by atoms with Crippen LogP contribution in [-0.2, 0) is 9.59 Å². The van der Waals surface area contributed by atoms with Crippen molar-refractivity contribution in [1.82, 2.24) is 4.90 Å². The molecule has 0 radical (unpaired) electrons. The first-order chi connectivity index (χ1) is 13.6. The van der Waals surface area contributed by atoms with Crippen molar-refractivity contribution in [3.8, 4) is 0 Å². The standard InChI is InChI=1S/C23H24FNO3/c1-2-3-4-10-15-25-20(17-13-8-9-14-18(17)24)21(26)19(22(27)23(25)28)16-11-6-5-7-12-16/h5-9,11-14,20,27H,2-4,10,15H2,1H3. The second kappa shape index (κ2) is 8.83. The zero-order valence-corrected chi connectivity index (χ0v) is 15.9. The van der Waals surface area contributed by atoms with Crippen molar-refractivity contribution in [2.24, 2.45) is 0 Å². The van der Waals surface area contributed by atoms with Crippen LogP contribution in [0.3, 0.4) is 0 Å². The van der Waals surface area contributed by atoms with Crippen molar-refractivity contribution in [2.45, 2.75) is 38.6 Å². The molecule has 2 aromatic rings. The number of rotatable bonds is 7. The molecule has 0 aliphatic carbocycles. The molecule has 0 saturated carbocycles. The van der Waals surface area contributed by atoms with E-state index in [0.29, 0.717) is 12.0 Å². The maximum atomic E-state index is 14.5. The fraction of sp³-hybridized carbons (Fsp3) is 0.304. The SMILES string of the molecule is CCCCCCN1C(=O)C(O)=C(c2ccccc2)C(=O)C1c1ccccc1F. The van der Waals surface area contributed by atoms with E-state index in [-0.39, 0.29) is 17.7 Å². The Kier molecular flexibility index (Phi) is 6.24. The van der Waals surface area contributed by atoms with Gasteiger partial charge in [0.15, 0.2) is 11.5 Å². The average molecular weight is 381 g/mol.